The van der Waals surface area contributed by atoms with Gasteiger partial charge in [-0.3, -0.25) is 4.79 Å². The van der Waals surface area contributed by atoms with Crippen LogP contribution < -0.4 is 11.1 Å². The van der Waals surface area contributed by atoms with Crippen LogP contribution in [0, 0.1) is 5.92 Å². The number of amides is 1. The smallest absolute Gasteiger partial charge is 0.329 e. The number of carbonyl (C=O) groups excluding carboxylic acids is 1. The molecule has 4 N–H and O–H groups in total. The second kappa shape index (κ2) is 11.7. The fourth-order valence-electron chi connectivity index (χ4n) is 5.62. The summed E-state index contributed by atoms with van der Waals surface area (Å²) < 4.78 is 0. The maximum absolute atomic E-state index is 14.1. The number of rotatable bonds is 10. The third kappa shape index (κ3) is 5.99. The number of carbonyl (C=O) groups is 2. The van der Waals surface area contributed by atoms with Gasteiger partial charge in [0.2, 0.25) is 5.91 Å². The minimum Gasteiger partial charge on any atom is -0.480 e. The van der Waals surface area contributed by atoms with Crippen LogP contribution in [0.3, 0.4) is 0 Å². The highest BCUT2D eigenvalue weighted by Crippen LogP contribution is 2.30. The van der Waals surface area contributed by atoms with Gasteiger partial charge in [0.05, 0.1) is 0 Å². The summed E-state index contributed by atoms with van der Waals surface area (Å²) in [6.45, 7) is 5.65. The predicted molar refractivity (Wildman–Crippen MR) is 167 cm³/mol. The van der Waals surface area contributed by atoms with Crippen molar-refractivity contribution in [2.24, 2.45) is 5.92 Å². The number of fused-ring (bicyclic) bond motifs is 2. The van der Waals surface area contributed by atoms with Crippen LogP contribution in [0.2, 0.25) is 0 Å². The maximum atomic E-state index is 14.1. The van der Waals surface area contributed by atoms with Crippen molar-refractivity contribution in [1.82, 2.24) is 5.32 Å². The molecule has 0 unspecified atom stereocenters. The number of nitrogen functional groups attached to an aromatic ring is 1. The van der Waals surface area contributed by atoms with Crippen molar-refractivity contribution >= 4 is 44.7 Å². The normalized spacial score (nSPS) is 12.7. The van der Waals surface area contributed by atoms with Crippen molar-refractivity contribution in [3.8, 4) is 0 Å². The Labute approximate surface area is 240 Å². The molecule has 5 nitrogen and oxygen atoms in total. The first-order chi connectivity index (χ1) is 19.7. The number of carboxylic acids is 1. The van der Waals surface area contributed by atoms with E-state index in [0.717, 1.165) is 32.7 Å². The number of aliphatic carboxylic acids is 1. The van der Waals surface area contributed by atoms with Crippen LogP contribution in [0.1, 0.15) is 30.0 Å². The molecule has 0 aromatic heterocycles. The van der Waals surface area contributed by atoms with Gasteiger partial charge in [0, 0.05) is 23.6 Å². The molecule has 5 aromatic carbocycles. The van der Waals surface area contributed by atoms with E-state index in [9.17, 15) is 14.7 Å². The summed E-state index contributed by atoms with van der Waals surface area (Å²) in [5.41, 5.74) is 8.39. The predicted octanol–water partition coefficient (Wildman–Crippen LogP) is 7.04. The highest BCUT2D eigenvalue weighted by molar-refractivity contribution is 5.92. The highest BCUT2D eigenvalue weighted by Gasteiger charge is 2.38. The highest BCUT2D eigenvalue weighted by atomic mass is 16.4. The SMILES string of the molecule is C=C(C[C@@](C)(NC(=O)C(Cc1cccc2ccccc12)Cc1cccc2ccccc12)C(=O)O)c1ccccc1N. The summed E-state index contributed by atoms with van der Waals surface area (Å²) in [5.74, 6) is -1.96. The van der Waals surface area contributed by atoms with Crippen LogP contribution in [0.4, 0.5) is 5.69 Å². The molecule has 0 saturated heterocycles. The molecule has 0 fully saturated rings. The van der Waals surface area contributed by atoms with E-state index in [2.05, 4.69) is 48.3 Å². The molecule has 5 rings (SSSR count). The van der Waals surface area contributed by atoms with Gasteiger partial charge in [-0.2, -0.15) is 0 Å². The molecule has 5 aromatic rings. The fourth-order valence-corrected chi connectivity index (χ4v) is 5.62. The third-order valence-corrected chi connectivity index (χ3v) is 7.84. The molecule has 0 heterocycles. The molecular weight excluding hydrogens is 508 g/mol. The van der Waals surface area contributed by atoms with Crippen LogP contribution in [-0.4, -0.2) is 22.5 Å². The van der Waals surface area contributed by atoms with Crippen LogP contribution in [0.25, 0.3) is 27.1 Å². The molecule has 0 saturated carbocycles. The molecule has 206 valence electrons. The minimum atomic E-state index is -1.58. The number of nitrogens with two attached hydrogens (primary N) is 1. The van der Waals surface area contributed by atoms with Gasteiger partial charge in [0.1, 0.15) is 5.54 Å². The van der Waals surface area contributed by atoms with Crippen molar-refractivity contribution < 1.29 is 14.7 Å². The van der Waals surface area contributed by atoms with Crippen LogP contribution >= 0.6 is 0 Å². The zero-order valence-corrected chi connectivity index (χ0v) is 23.1. The number of nitrogens with one attached hydrogen (secondary N) is 1. The topological polar surface area (TPSA) is 92.4 Å². The molecule has 5 heteroatoms. The van der Waals surface area contributed by atoms with Gasteiger partial charge in [-0.05, 0) is 64.1 Å². The van der Waals surface area contributed by atoms with Crippen molar-refractivity contribution in [2.45, 2.75) is 31.7 Å². The number of hydrogen-bond acceptors (Lipinski definition) is 3. The summed E-state index contributed by atoms with van der Waals surface area (Å²) in [7, 11) is 0. The minimum absolute atomic E-state index is 0.0115. The van der Waals surface area contributed by atoms with E-state index < -0.39 is 17.4 Å². The summed E-state index contributed by atoms with van der Waals surface area (Å²) >= 11 is 0. The van der Waals surface area contributed by atoms with Gasteiger partial charge < -0.3 is 16.2 Å². The van der Waals surface area contributed by atoms with Crippen LogP contribution in [0.15, 0.2) is 116 Å². The lowest BCUT2D eigenvalue weighted by atomic mass is 9.85. The van der Waals surface area contributed by atoms with E-state index in [0.29, 0.717) is 29.7 Å². The van der Waals surface area contributed by atoms with Crippen LogP contribution in [-0.2, 0) is 22.4 Å². The largest absolute Gasteiger partial charge is 0.480 e. The van der Waals surface area contributed by atoms with E-state index in [1.54, 1.807) is 6.07 Å². The molecule has 1 atom stereocenters. The zero-order chi connectivity index (χ0) is 29.0. The van der Waals surface area contributed by atoms with E-state index in [-0.39, 0.29) is 12.3 Å². The van der Waals surface area contributed by atoms with Gasteiger partial charge in [-0.15, -0.1) is 0 Å². The van der Waals surface area contributed by atoms with Gasteiger partial charge in [-0.1, -0.05) is 110 Å². The molecular formula is C36H34N2O3. The summed E-state index contributed by atoms with van der Waals surface area (Å²) in [4.78, 5) is 26.7. The standard InChI is InChI=1S/C36H34N2O3/c1-24(30-17-7-8-20-33(30)37)23-36(2,35(40)41)38-34(39)29(21-27-15-9-13-25-11-3-5-18-31(25)27)22-28-16-10-14-26-12-4-6-19-32(26)28/h3-20,29H,1,21-23,37H2,2H3,(H,38,39)(H,40,41)/t36-/m1/s1. The molecule has 1 amide bonds. The number of benzene rings is 5. The van der Waals surface area contributed by atoms with E-state index in [1.807, 2.05) is 66.7 Å². The second-order valence-electron chi connectivity index (χ2n) is 10.9. The van der Waals surface area contributed by atoms with E-state index in [1.165, 1.54) is 6.92 Å². The Morgan fingerprint density at radius 1 is 0.780 bits per heavy atom. The number of carboxylic acid groups (broad SMARTS) is 1. The van der Waals surface area contributed by atoms with Crippen molar-refractivity contribution in [3.63, 3.8) is 0 Å². The molecule has 0 spiro atoms. The zero-order valence-electron chi connectivity index (χ0n) is 23.1. The molecule has 0 radical (unpaired) electrons. The summed E-state index contributed by atoms with van der Waals surface area (Å²) in [5, 5.41) is 17.6. The van der Waals surface area contributed by atoms with Crippen LogP contribution in [0.5, 0.6) is 0 Å². The van der Waals surface area contributed by atoms with Crippen molar-refractivity contribution in [2.75, 3.05) is 5.73 Å². The number of hydrogen-bond donors (Lipinski definition) is 3. The Morgan fingerprint density at radius 2 is 1.27 bits per heavy atom. The molecule has 0 aliphatic rings. The lowest BCUT2D eigenvalue weighted by Crippen LogP contribution is -2.54. The average molecular weight is 543 g/mol. The van der Waals surface area contributed by atoms with Crippen molar-refractivity contribution in [1.29, 1.82) is 0 Å². The molecule has 0 bridgehead atoms. The van der Waals surface area contributed by atoms with Crippen molar-refractivity contribution in [3.05, 3.63) is 132 Å². The Hall–Kier alpha value is -4.90. The third-order valence-electron chi connectivity index (χ3n) is 7.84. The summed E-state index contributed by atoms with van der Waals surface area (Å²) in [6.07, 6.45) is 0.926. The van der Waals surface area contributed by atoms with Gasteiger partial charge >= 0.3 is 5.97 Å². The number of anilines is 1. The van der Waals surface area contributed by atoms with E-state index >= 15 is 0 Å². The first kappa shape index (κ1) is 27.7. The molecule has 0 aliphatic heterocycles. The Balaban J connectivity index is 1.49. The Bertz CT molecular complexity index is 1670. The Morgan fingerprint density at radius 3 is 1.80 bits per heavy atom. The van der Waals surface area contributed by atoms with Gasteiger partial charge in [-0.25, -0.2) is 4.79 Å². The second-order valence-corrected chi connectivity index (χ2v) is 10.9. The van der Waals surface area contributed by atoms with Gasteiger partial charge in [0.25, 0.3) is 0 Å². The maximum Gasteiger partial charge on any atom is 0.329 e. The monoisotopic (exact) mass is 542 g/mol. The lowest BCUT2D eigenvalue weighted by molar-refractivity contribution is -0.147. The average Bonchev–Trinajstić information content (AvgIpc) is 2.97. The first-order valence-electron chi connectivity index (χ1n) is 13.8. The lowest BCUT2D eigenvalue weighted by Gasteiger charge is -2.30. The first-order valence-corrected chi connectivity index (χ1v) is 13.8. The summed E-state index contributed by atoms with van der Waals surface area (Å²) in [6, 6.07) is 35.6. The quantitative estimate of drug-likeness (QED) is 0.165. The van der Waals surface area contributed by atoms with E-state index in [4.69, 9.17) is 5.73 Å². The molecule has 0 aliphatic carbocycles. The Kier molecular flexibility index (Phi) is 7.88. The van der Waals surface area contributed by atoms with Gasteiger partial charge in [0.15, 0.2) is 0 Å². The fraction of sp³-hybridized carbons (Fsp3) is 0.167. The molecule has 41 heavy (non-hydrogen) atoms. The number of para-hydroxylation sites is 1.